The number of H-pyrrole nitrogens is 1. The first-order chi connectivity index (χ1) is 12.6. The molecule has 0 saturated heterocycles. The molecular formula is C17H26N4O7. The molecule has 1 unspecified atom stereocenters. The molecule has 0 radical (unpaired) electrons. The number of nitrogens with two attached hydrogens (primary N) is 1. The minimum atomic E-state index is -2.12. The highest BCUT2D eigenvalue weighted by atomic mass is 16.6. The van der Waals surface area contributed by atoms with Gasteiger partial charge in [0.15, 0.2) is 5.66 Å². The molecule has 1 aromatic heterocycles. The number of aliphatic carboxylic acids is 1. The van der Waals surface area contributed by atoms with Crippen molar-refractivity contribution in [2.24, 2.45) is 5.73 Å². The van der Waals surface area contributed by atoms with Crippen LogP contribution in [0.2, 0.25) is 0 Å². The van der Waals surface area contributed by atoms with Gasteiger partial charge < -0.3 is 9.84 Å². The molecule has 0 spiro atoms. The number of nitrogens with one attached hydrogen (secondary N) is 1. The number of aromatic amines is 1. The van der Waals surface area contributed by atoms with Crippen molar-refractivity contribution < 1.29 is 24.2 Å². The summed E-state index contributed by atoms with van der Waals surface area (Å²) in [5.74, 6) is -3.33. The molecule has 28 heavy (non-hydrogen) atoms. The number of carbonyl (C=O) groups is 3. The van der Waals surface area contributed by atoms with Crippen molar-refractivity contribution in [1.82, 2.24) is 14.5 Å². The van der Waals surface area contributed by atoms with Gasteiger partial charge in [0.2, 0.25) is 5.91 Å². The van der Waals surface area contributed by atoms with Crippen LogP contribution in [0, 0.1) is 6.92 Å². The van der Waals surface area contributed by atoms with Crippen LogP contribution in [0.25, 0.3) is 0 Å². The van der Waals surface area contributed by atoms with Crippen LogP contribution in [0.15, 0.2) is 15.8 Å². The molecule has 0 aromatic carbocycles. The van der Waals surface area contributed by atoms with E-state index in [0.29, 0.717) is 4.90 Å². The summed E-state index contributed by atoms with van der Waals surface area (Å²) in [6.45, 7) is 7.91. The molecule has 2 atom stereocenters. The lowest BCUT2D eigenvalue weighted by Gasteiger charge is -2.40. The highest BCUT2D eigenvalue weighted by Gasteiger charge is 2.46. The number of aromatic nitrogens is 2. The van der Waals surface area contributed by atoms with Gasteiger partial charge in [0.05, 0.1) is 0 Å². The van der Waals surface area contributed by atoms with Crippen LogP contribution in [0.4, 0.5) is 0 Å². The number of carbonyl (C=O) groups excluding carboxylic acids is 2. The van der Waals surface area contributed by atoms with Crippen LogP contribution >= 0.6 is 0 Å². The summed E-state index contributed by atoms with van der Waals surface area (Å²) >= 11 is 0. The lowest BCUT2D eigenvalue weighted by molar-refractivity contribution is -0.177. The van der Waals surface area contributed by atoms with E-state index < -0.39 is 52.9 Å². The molecule has 0 bridgehead atoms. The summed E-state index contributed by atoms with van der Waals surface area (Å²) in [4.78, 5) is 62.9. The number of rotatable bonds is 6. The summed E-state index contributed by atoms with van der Waals surface area (Å²) in [7, 11) is 0. The highest BCUT2D eigenvalue weighted by Crippen LogP contribution is 2.20. The average molecular weight is 398 g/mol. The zero-order chi connectivity index (χ0) is 22.0. The minimum absolute atomic E-state index is 0.174. The van der Waals surface area contributed by atoms with E-state index in [-0.39, 0.29) is 5.56 Å². The highest BCUT2D eigenvalue weighted by molar-refractivity contribution is 5.90. The molecule has 1 aromatic rings. The van der Waals surface area contributed by atoms with E-state index in [0.717, 1.165) is 17.7 Å². The standard InChI is InChI=1S/C17H26N4O7/c1-9-7-20(15(27)19-12(9)23)8-11(22)21(10(2)13(24)25)17(6,18)14(26)28-16(3,4)5/h7,10H,8,18H2,1-6H3,(H,24,25)(H,19,23,27)/t10-,17?/m1/s1. The number of hydrogen-bond acceptors (Lipinski definition) is 7. The Kier molecular flexibility index (Phi) is 6.57. The van der Waals surface area contributed by atoms with Crippen LogP contribution in [0.3, 0.4) is 0 Å². The molecule has 0 aliphatic rings. The number of nitrogens with zero attached hydrogens (tertiary/aromatic N) is 2. The van der Waals surface area contributed by atoms with E-state index in [1.807, 2.05) is 4.98 Å². The van der Waals surface area contributed by atoms with Crippen molar-refractivity contribution >= 4 is 17.8 Å². The molecule has 0 aliphatic heterocycles. The van der Waals surface area contributed by atoms with Crippen molar-refractivity contribution in [3.8, 4) is 0 Å². The first-order valence-corrected chi connectivity index (χ1v) is 8.45. The molecule has 11 nitrogen and oxygen atoms in total. The van der Waals surface area contributed by atoms with E-state index in [1.165, 1.54) is 13.8 Å². The summed E-state index contributed by atoms with van der Waals surface area (Å²) in [6.07, 6.45) is 1.16. The summed E-state index contributed by atoms with van der Waals surface area (Å²) in [6, 6.07) is -1.49. The van der Waals surface area contributed by atoms with Crippen LogP contribution < -0.4 is 17.0 Å². The van der Waals surface area contributed by atoms with Gasteiger partial charge in [-0.15, -0.1) is 0 Å². The summed E-state index contributed by atoms with van der Waals surface area (Å²) in [5.41, 5.74) is 1.68. The number of amides is 1. The largest absolute Gasteiger partial charge is 0.480 e. The SMILES string of the molecule is Cc1cn(CC(=O)N([C@H](C)C(=O)O)C(C)(N)C(=O)OC(C)(C)C)c(=O)[nH]c1=O. The predicted molar refractivity (Wildman–Crippen MR) is 98.4 cm³/mol. The molecule has 0 aliphatic carbocycles. The fourth-order valence-electron chi connectivity index (χ4n) is 2.43. The van der Waals surface area contributed by atoms with Gasteiger partial charge in [-0.05, 0) is 41.5 Å². The number of hydrogen-bond donors (Lipinski definition) is 3. The van der Waals surface area contributed by atoms with Crippen molar-refractivity contribution in [1.29, 1.82) is 0 Å². The fraction of sp³-hybridized carbons (Fsp3) is 0.588. The van der Waals surface area contributed by atoms with E-state index in [4.69, 9.17) is 10.5 Å². The van der Waals surface area contributed by atoms with E-state index >= 15 is 0 Å². The lowest BCUT2D eigenvalue weighted by Crippen LogP contribution is -2.67. The monoisotopic (exact) mass is 398 g/mol. The number of esters is 1. The van der Waals surface area contributed by atoms with Crippen LogP contribution in [-0.4, -0.2) is 54.7 Å². The first-order valence-electron chi connectivity index (χ1n) is 8.45. The van der Waals surface area contributed by atoms with E-state index in [9.17, 15) is 29.1 Å². The second-order valence-corrected chi connectivity index (χ2v) is 7.63. The Balaban J connectivity index is 3.34. The van der Waals surface area contributed by atoms with Gasteiger partial charge in [-0.2, -0.15) is 0 Å². The second kappa shape index (κ2) is 7.97. The molecule has 0 fully saturated rings. The Morgan fingerprint density at radius 2 is 1.82 bits per heavy atom. The Labute approximate surface area is 161 Å². The van der Waals surface area contributed by atoms with Crippen molar-refractivity contribution in [3.05, 3.63) is 32.6 Å². The van der Waals surface area contributed by atoms with Gasteiger partial charge in [-0.3, -0.25) is 29.8 Å². The smallest absolute Gasteiger partial charge is 0.347 e. The maximum atomic E-state index is 12.8. The first kappa shape index (κ1) is 23.1. The van der Waals surface area contributed by atoms with Crippen molar-refractivity contribution in [2.45, 2.75) is 65.4 Å². The molecule has 1 amide bonds. The topological polar surface area (TPSA) is 165 Å². The molecule has 1 heterocycles. The zero-order valence-electron chi connectivity index (χ0n) is 16.7. The van der Waals surface area contributed by atoms with E-state index in [2.05, 4.69) is 0 Å². The maximum Gasteiger partial charge on any atom is 0.347 e. The number of carboxylic acid groups (broad SMARTS) is 1. The lowest BCUT2D eigenvalue weighted by atomic mass is 10.1. The van der Waals surface area contributed by atoms with Gasteiger partial charge in [0.25, 0.3) is 5.56 Å². The molecule has 11 heteroatoms. The third-order valence-electron chi connectivity index (χ3n) is 3.82. The third-order valence-corrected chi connectivity index (χ3v) is 3.82. The molecular weight excluding hydrogens is 372 g/mol. The average Bonchev–Trinajstić information content (AvgIpc) is 2.50. The van der Waals surface area contributed by atoms with Gasteiger partial charge in [-0.1, -0.05) is 0 Å². The minimum Gasteiger partial charge on any atom is -0.480 e. The maximum absolute atomic E-state index is 12.8. The van der Waals surface area contributed by atoms with Crippen LogP contribution in [0.1, 0.15) is 40.2 Å². The molecule has 156 valence electrons. The zero-order valence-corrected chi connectivity index (χ0v) is 16.7. The van der Waals surface area contributed by atoms with Gasteiger partial charge in [0, 0.05) is 11.8 Å². The quantitative estimate of drug-likeness (QED) is 0.412. The predicted octanol–water partition coefficient (Wildman–Crippen LogP) is -0.837. The van der Waals surface area contributed by atoms with E-state index in [1.54, 1.807) is 20.8 Å². The third kappa shape index (κ3) is 5.28. The fourth-order valence-corrected chi connectivity index (χ4v) is 2.43. The Morgan fingerprint density at radius 1 is 1.29 bits per heavy atom. The Morgan fingerprint density at radius 3 is 2.29 bits per heavy atom. The number of aryl methyl sites for hydroxylation is 1. The van der Waals surface area contributed by atoms with Gasteiger partial charge >= 0.3 is 17.6 Å². The summed E-state index contributed by atoms with van der Waals surface area (Å²) < 4.78 is 6.10. The number of ether oxygens (including phenoxy) is 1. The Hall–Kier alpha value is -2.95. The van der Waals surface area contributed by atoms with Crippen molar-refractivity contribution in [3.63, 3.8) is 0 Å². The van der Waals surface area contributed by atoms with Crippen molar-refractivity contribution in [2.75, 3.05) is 0 Å². The second-order valence-electron chi connectivity index (χ2n) is 7.63. The molecule has 0 saturated carbocycles. The van der Waals surface area contributed by atoms with Crippen LogP contribution in [0.5, 0.6) is 0 Å². The molecule has 4 N–H and O–H groups in total. The summed E-state index contributed by atoms with van der Waals surface area (Å²) in [5, 5.41) is 9.36. The van der Waals surface area contributed by atoms with Gasteiger partial charge in [0.1, 0.15) is 18.2 Å². The molecule has 1 rings (SSSR count). The van der Waals surface area contributed by atoms with Crippen LogP contribution in [-0.2, 0) is 25.7 Å². The van der Waals surface area contributed by atoms with Gasteiger partial charge in [-0.25, -0.2) is 14.4 Å². The number of carboxylic acids is 1. The Bertz CT molecular complexity index is 892. The normalized spacial score (nSPS) is 14.7.